The molecule has 0 spiro atoms. The molecule has 0 aromatic carbocycles. The maximum absolute atomic E-state index is 4.61. The lowest BCUT2D eigenvalue weighted by Gasteiger charge is -2.17. The highest BCUT2D eigenvalue weighted by molar-refractivity contribution is 5.31. The van der Waals surface area contributed by atoms with Crippen LogP contribution < -0.4 is 10.2 Å². The second kappa shape index (κ2) is 8.03. The fraction of sp³-hybridized carbons (Fsp3) is 0.714. The zero-order valence-corrected chi connectivity index (χ0v) is 12.2. The summed E-state index contributed by atoms with van der Waals surface area (Å²) in [7, 11) is 2.06. The lowest BCUT2D eigenvalue weighted by atomic mass is 10.3. The van der Waals surface area contributed by atoms with E-state index in [1.54, 1.807) is 0 Å². The number of nitrogens with one attached hydrogen (secondary N) is 1. The Morgan fingerprint density at radius 3 is 2.67 bits per heavy atom. The molecule has 1 aromatic rings. The van der Waals surface area contributed by atoms with Crippen molar-refractivity contribution < 1.29 is 0 Å². The van der Waals surface area contributed by atoms with Crippen LogP contribution in [0.15, 0.2) is 6.07 Å². The lowest BCUT2D eigenvalue weighted by molar-refractivity contribution is 0.659. The number of anilines is 1. The van der Waals surface area contributed by atoms with Gasteiger partial charge in [0.1, 0.15) is 0 Å². The summed E-state index contributed by atoms with van der Waals surface area (Å²) in [6.07, 6.45) is 3.52. The first kappa shape index (κ1) is 14.9. The van der Waals surface area contributed by atoms with Crippen LogP contribution in [0.2, 0.25) is 0 Å². The van der Waals surface area contributed by atoms with Crippen molar-refractivity contribution in [3.8, 4) is 0 Å². The van der Waals surface area contributed by atoms with E-state index in [4.69, 9.17) is 0 Å². The van der Waals surface area contributed by atoms with Gasteiger partial charge in [-0.1, -0.05) is 20.3 Å². The number of hydrogen-bond acceptors (Lipinski definition) is 4. The maximum atomic E-state index is 4.61. The minimum absolute atomic E-state index is 0.825. The molecule has 102 valence electrons. The van der Waals surface area contributed by atoms with Crippen LogP contribution in [0.3, 0.4) is 0 Å². The van der Waals surface area contributed by atoms with Gasteiger partial charge in [0.2, 0.25) is 5.95 Å². The molecule has 0 saturated heterocycles. The summed E-state index contributed by atoms with van der Waals surface area (Å²) in [5.41, 5.74) is 2.12. The van der Waals surface area contributed by atoms with E-state index in [0.29, 0.717) is 0 Å². The molecule has 0 atom stereocenters. The van der Waals surface area contributed by atoms with Crippen molar-refractivity contribution in [2.24, 2.45) is 0 Å². The molecule has 0 amide bonds. The number of aromatic nitrogens is 2. The molecule has 1 aromatic heterocycles. The Hall–Kier alpha value is -1.16. The highest BCUT2D eigenvalue weighted by atomic mass is 15.2. The summed E-state index contributed by atoms with van der Waals surface area (Å²) in [6, 6.07) is 2.06. The van der Waals surface area contributed by atoms with Crippen LogP contribution >= 0.6 is 0 Å². The van der Waals surface area contributed by atoms with Crippen LogP contribution in [-0.2, 0) is 6.54 Å². The predicted molar refractivity (Wildman–Crippen MR) is 76.9 cm³/mol. The molecule has 18 heavy (non-hydrogen) atoms. The van der Waals surface area contributed by atoms with Crippen molar-refractivity contribution in [1.29, 1.82) is 0 Å². The van der Waals surface area contributed by atoms with Crippen LogP contribution in [0.25, 0.3) is 0 Å². The van der Waals surface area contributed by atoms with Crippen LogP contribution in [-0.4, -0.2) is 30.1 Å². The minimum Gasteiger partial charge on any atom is -0.344 e. The normalized spacial score (nSPS) is 10.7. The smallest absolute Gasteiger partial charge is 0.225 e. The molecule has 4 heteroatoms. The van der Waals surface area contributed by atoms with Crippen LogP contribution in [0.4, 0.5) is 5.95 Å². The van der Waals surface area contributed by atoms with Gasteiger partial charge in [0.05, 0.1) is 5.69 Å². The summed E-state index contributed by atoms with van der Waals surface area (Å²) in [5, 5.41) is 3.38. The Balaban J connectivity index is 2.67. The zero-order valence-electron chi connectivity index (χ0n) is 12.2. The Bertz CT molecular complexity index is 352. The van der Waals surface area contributed by atoms with E-state index in [-0.39, 0.29) is 0 Å². The minimum atomic E-state index is 0.825. The zero-order chi connectivity index (χ0) is 13.4. The van der Waals surface area contributed by atoms with E-state index in [9.17, 15) is 0 Å². The van der Waals surface area contributed by atoms with Gasteiger partial charge in [0.25, 0.3) is 0 Å². The average molecular weight is 250 g/mol. The van der Waals surface area contributed by atoms with Crippen LogP contribution in [0, 0.1) is 6.92 Å². The summed E-state index contributed by atoms with van der Waals surface area (Å²) in [4.78, 5) is 11.3. The second-order valence-electron chi connectivity index (χ2n) is 4.75. The summed E-state index contributed by atoms with van der Waals surface area (Å²) in [5.74, 6) is 0.844. The Morgan fingerprint density at radius 2 is 2.00 bits per heavy atom. The fourth-order valence-corrected chi connectivity index (χ4v) is 1.77. The van der Waals surface area contributed by atoms with Crippen LogP contribution in [0.5, 0.6) is 0 Å². The van der Waals surface area contributed by atoms with Gasteiger partial charge < -0.3 is 10.2 Å². The predicted octanol–water partition coefficient (Wildman–Crippen LogP) is 2.52. The van der Waals surface area contributed by atoms with E-state index < -0.39 is 0 Å². The van der Waals surface area contributed by atoms with Gasteiger partial charge in [-0.25, -0.2) is 9.97 Å². The third-order valence-corrected chi connectivity index (χ3v) is 2.82. The molecule has 4 nitrogen and oxygen atoms in total. The highest BCUT2D eigenvalue weighted by Gasteiger charge is 2.06. The van der Waals surface area contributed by atoms with Crippen molar-refractivity contribution >= 4 is 5.95 Å². The topological polar surface area (TPSA) is 41.1 Å². The van der Waals surface area contributed by atoms with Gasteiger partial charge >= 0.3 is 0 Å². The van der Waals surface area contributed by atoms with Crippen molar-refractivity contribution in [3.05, 3.63) is 17.5 Å². The summed E-state index contributed by atoms with van der Waals surface area (Å²) < 4.78 is 0. The molecule has 0 radical (unpaired) electrons. The molecule has 0 aliphatic carbocycles. The van der Waals surface area contributed by atoms with E-state index in [1.807, 2.05) is 6.92 Å². The molecule has 1 rings (SSSR count). The quantitative estimate of drug-likeness (QED) is 0.720. The number of aryl methyl sites for hydroxylation is 1. The number of unbranched alkanes of at least 4 members (excludes halogenated alkanes) is 1. The van der Waals surface area contributed by atoms with Gasteiger partial charge in [-0.05, 0) is 32.4 Å². The molecular formula is C14H26N4. The maximum Gasteiger partial charge on any atom is 0.225 e. The molecule has 0 bridgehead atoms. The molecule has 0 aliphatic rings. The molecular weight excluding hydrogens is 224 g/mol. The summed E-state index contributed by atoms with van der Waals surface area (Å²) >= 11 is 0. The van der Waals surface area contributed by atoms with Crippen molar-refractivity contribution in [2.75, 3.05) is 25.0 Å². The second-order valence-corrected chi connectivity index (χ2v) is 4.75. The largest absolute Gasteiger partial charge is 0.344 e. The number of nitrogens with zero attached hydrogens (tertiary/aromatic N) is 3. The van der Waals surface area contributed by atoms with E-state index in [0.717, 1.165) is 43.4 Å². The lowest BCUT2D eigenvalue weighted by Crippen LogP contribution is -2.23. The standard InChI is InChI=1S/C14H26N4/c1-5-7-9-18(4)14-16-12(3)10-13(17-14)11-15-8-6-2/h10,15H,5-9,11H2,1-4H3. The van der Waals surface area contributed by atoms with E-state index in [1.165, 1.54) is 12.8 Å². The highest BCUT2D eigenvalue weighted by Crippen LogP contribution is 2.09. The number of hydrogen-bond donors (Lipinski definition) is 1. The first-order valence-electron chi connectivity index (χ1n) is 6.93. The fourth-order valence-electron chi connectivity index (χ4n) is 1.77. The first-order chi connectivity index (χ1) is 8.67. The molecule has 0 unspecified atom stereocenters. The summed E-state index contributed by atoms with van der Waals surface area (Å²) in [6.45, 7) is 9.27. The molecule has 0 saturated carbocycles. The van der Waals surface area contributed by atoms with Crippen molar-refractivity contribution in [2.45, 2.75) is 46.6 Å². The van der Waals surface area contributed by atoms with Gasteiger partial charge in [0.15, 0.2) is 0 Å². The van der Waals surface area contributed by atoms with Crippen molar-refractivity contribution in [3.63, 3.8) is 0 Å². The Morgan fingerprint density at radius 1 is 1.22 bits per heavy atom. The van der Waals surface area contributed by atoms with Gasteiger partial charge in [-0.3, -0.25) is 0 Å². The first-order valence-corrected chi connectivity index (χ1v) is 6.93. The SMILES string of the molecule is CCCCN(C)c1nc(C)cc(CNCCC)n1. The molecule has 0 fully saturated rings. The van der Waals surface area contributed by atoms with Gasteiger partial charge in [0, 0.05) is 25.8 Å². The van der Waals surface area contributed by atoms with Crippen LogP contribution in [0.1, 0.15) is 44.5 Å². The van der Waals surface area contributed by atoms with Crippen molar-refractivity contribution in [1.82, 2.24) is 15.3 Å². The monoisotopic (exact) mass is 250 g/mol. The molecule has 1 N–H and O–H groups in total. The number of rotatable bonds is 8. The van der Waals surface area contributed by atoms with Gasteiger partial charge in [-0.2, -0.15) is 0 Å². The third kappa shape index (κ3) is 5.00. The average Bonchev–Trinajstić information content (AvgIpc) is 2.35. The Labute approximate surface area is 111 Å². The van der Waals surface area contributed by atoms with E-state index >= 15 is 0 Å². The molecule has 1 heterocycles. The van der Waals surface area contributed by atoms with E-state index in [2.05, 4.69) is 47.1 Å². The third-order valence-electron chi connectivity index (χ3n) is 2.82. The molecule has 0 aliphatic heterocycles. The van der Waals surface area contributed by atoms with Gasteiger partial charge in [-0.15, -0.1) is 0 Å². The Kier molecular flexibility index (Phi) is 6.65.